The van der Waals surface area contributed by atoms with Gasteiger partial charge in [0.1, 0.15) is 12.2 Å². The van der Waals surface area contributed by atoms with Gasteiger partial charge < -0.3 is 25.5 Å². The Kier molecular flexibility index (Phi) is 3.29. The predicted molar refractivity (Wildman–Crippen MR) is 47.8 cm³/mol. The van der Waals surface area contributed by atoms with E-state index in [1.54, 1.807) is 0 Å². The second kappa shape index (κ2) is 4.28. The average Bonchev–Trinajstić information content (AvgIpc) is 2.20. The molecule has 2 atom stereocenters. The van der Waals surface area contributed by atoms with Crippen molar-refractivity contribution >= 4 is 0 Å². The average molecular weight is 200 g/mol. The number of phenolic OH excluding ortho intramolecular Hbond substituents is 2. The lowest BCUT2D eigenvalue weighted by Crippen LogP contribution is -2.22. The van der Waals surface area contributed by atoms with Crippen molar-refractivity contribution in [2.45, 2.75) is 12.2 Å². The summed E-state index contributed by atoms with van der Waals surface area (Å²) >= 11 is 0. The van der Waals surface area contributed by atoms with Crippen LogP contribution in [0.3, 0.4) is 0 Å². The maximum absolute atomic E-state index is 9.41. The van der Waals surface area contributed by atoms with Crippen LogP contribution in [0.25, 0.3) is 0 Å². The number of aliphatic hydroxyl groups is 3. The van der Waals surface area contributed by atoms with Crippen molar-refractivity contribution in [2.75, 3.05) is 6.61 Å². The van der Waals surface area contributed by atoms with Crippen LogP contribution in [0.15, 0.2) is 18.2 Å². The number of phenols is 2. The van der Waals surface area contributed by atoms with Gasteiger partial charge in [-0.2, -0.15) is 0 Å². The minimum absolute atomic E-state index is 0.0217. The van der Waals surface area contributed by atoms with E-state index in [-0.39, 0.29) is 11.3 Å². The molecule has 1 aromatic carbocycles. The second-order valence-corrected chi connectivity index (χ2v) is 2.91. The first-order valence-electron chi connectivity index (χ1n) is 4.05. The Balaban J connectivity index is 3.01. The first kappa shape index (κ1) is 10.8. The van der Waals surface area contributed by atoms with Gasteiger partial charge in [0.25, 0.3) is 0 Å². The van der Waals surface area contributed by atoms with Gasteiger partial charge in [-0.3, -0.25) is 0 Å². The molecule has 2 unspecified atom stereocenters. The third-order valence-electron chi connectivity index (χ3n) is 1.92. The Hall–Kier alpha value is -1.30. The van der Waals surface area contributed by atoms with E-state index in [4.69, 9.17) is 15.3 Å². The van der Waals surface area contributed by atoms with Crippen molar-refractivity contribution in [3.8, 4) is 11.5 Å². The van der Waals surface area contributed by atoms with Gasteiger partial charge in [0, 0.05) is 5.56 Å². The molecule has 0 spiro atoms. The zero-order chi connectivity index (χ0) is 10.7. The van der Waals surface area contributed by atoms with Crippen molar-refractivity contribution in [1.29, 1.82) is 0 Å². The molecule has 5 nitrogen and oxygen atoms in total. The molecule has 0 aliphatic heterocycles. The lowest BCUT2D eigenvalue weighted by Gasteiger charge is -2.17. The Labute approximate surface area is 80.5 Å². The molecule has 0 bridgehead atoms. The summed E-state index contributed by atoms with van der Waals surface area (Å²) in [5.41, 5.74) is -0.0217. The molecule has 0 saturated heterocycles. The van der Waals surface area contributed by atoms with E-state index in [1.165, 1.54) is 18.2 Å². The number of aromatic hydroxyl groups is 2. The molecular formula is C9H12O5. The number of rotatable bonds is 3. The van der Waals surface area contributed by atoms with E-state index in [0.29, 0.717) is 0 Å². The van der Waals surface area contributed by atoms with Crippen LogP contribution in [0.5, 0.6) is 11.5 Å². The largest absolute Gasteiger partial charge is 0.504 e. The van der Waals surface area contributed by atoms with E-state index in [1.807, 2.05) is 0 Å². The molecule has 0 aliphatic carbocycles. The fourth-order valence-electron chi connectivity index (χ4n) is 1.09. The monoisotopic (exact) mass is 200 g/mol. The standard InChI is InChI=1S/C9H12O5/c10-4-7(12)9(14)5-2-1-3-6(11)8(5)13/h1-3,7,9-14H,4H2. The van der Waals surface area contributed by atoms with Crippen molar-refractivity contribution < 1.29 is 25.5 Å². The van der Waals surface area contributed by atoms with Gasteiger partial charge in [0.05, 0.1) is 6.61 Å². The number of benzene rings is 1. The highest BCUT2D eigenvalue weighted by atomic mass is 16.4. The summed E-state index contributed by atoms with van der Waals surface area (Å²) in [7, 11) is 0. The zero-order valence-corrected chi connectivity index (χ0v) is 7.33. The lowest BCUT2D eigenvalue weighted by atomic mass is 10.0. The normalized spacial score (nSPS) is 15.1. The van der Waals surface area contributed by atoms with Crippen LogP contribution in [0.1, 0.15) is 11.7 Å². The fraction of sp³-hybridized carbons (Fsp3) is 0.333. The molecule has 1 rings (SSSR count). The van der Waals surface area contributed by atoms with E-state index in [9.17, 15) is 10.2 Å². The second-order valence-electron chi connectivity index (χ2n) is 2.91. The van der Waals surface area contributed by atoms with Crippen LogP contribution in [0.2, 0.25) is 0 Å². The Morgan fingerprint density at radius 3 is 2.36 bits per heavy atom. The van der Waals surface area contributed by atoms with Gasteiger partial charge in [0.15, 0.2) is 11.5 Å². The summed E-state index contributed by atoms with van der Waals surface area (Å²) in [6, 6.07) is 4.01. The predicted octanol–water partition coefficient (Wildman–Crippen LogP) is -0.516. The molecule has 14 heavy (non-hydrogen) atoms. The van der Waals surface area contributed by atoms with Crippen LogP contribution in [-0.2, 0) is 0 Å². The zero-order valence-electron chi connectivity index (χ0n) is 7.33. The number of hydrogen-bond acceptors (Lipinski definition) is 5. The number of para-hydroxylation sites is 1. The van der Waals surface area contributed by atoms with Gasteiger partial charge in [-0.1, -0.05) is 12.1 Å². The smallest absolute Gasteiger partial charge is 0.163 e. The lowest BCUT2D eigenvalue weighted by molar-refractivity contribution is -0.0163. The molecule has 0 radical (unpaired) electrons. The van der Waals surface area contributed by atoms with E-state index in [0.717, 1.165) is 0 Å². The van der Waals surface area contributed by atoms with Crippen molar-refractivity contribution in [1.82, 2.24) is 0 Å². The summed E-state index contributed by atoms with van der Waals surface area (Å²) in [5, 5.41) is 45.5. The SMILES string of the molecule is OCC(O)C(O)c1cccc(O)c1O. The molecule has 78 valence electrons. The Morgan fingerprint density at radius 2 is 1.79 bits per heavy atom. The first-order valence-corrected chi connectivity index (χ1v) is 4.05. The van der Waals surface area contributed by atoms with Crippen molar-refractivity contribution in [3.63, 3.8) is 0 Å². The Morgan fingerprint density at radius 1 is 1.14 bits per heavy atom. The highest BCUT2D eigenvalue weighted by Crippen LogP contribution is 2.33. The molecule has 0 fully saturated rings. The van der Waals surface area contributed by atoms with Crippen molar-refractivity contribution in [3.05, 3.63) is 23.8 Å². The van der Waals surface area contributed by atoms with Crippen LogP contribution in [0.4, 0.5) is 0 Å². The summed E-state index contributed by atoms with van der Waals surface area (Å²) < 4.78 is 0. The van der Waals surface area contributed by atoms with Gasteiger partial charge in [-0.15, -0.1) is 0 Å². The van der Waals surface area contributed by atoms with Crippen LogP contribution in [0, 0.1) is 0 Å². The molecule has 5 N–H and O–H groups in total. The van der Waals surface area contributed by atoms with Gasteiger partial charge in [0.2, 0.25) is 0 Å². The summed E-state index contributed by atoms with van der Waals surface area (Å²) in [5.74, 6) is -0.876. The molecule has 1 aromatic rings. The topological polar surface area (TPSA) is 101 Å². The van der Waals surface area contributed by atoms with Crippen molar-refractivity contribution in [2.24, 2.45) is 0 Å². The molecule has 0 heterocycles. The van der Waals surface area contributed by atoms with E-state index in [2.05, 4.69) is 0 Å². The van der Waals surface area contributed by atoms with Gasteiger partial charge in [-0.05, 0) is 6.07 Å². The van der Waals surface area contributed by atoms with Crippen LogP contribution in [-0.4, -0.2) is 38.2 Å². The molecule has 0 amide bonds. The number of hydrogen-bond donors (Lipinski definition) is 5. The Bertz CT molecular complexity index is 312. The molecule has 0 saturated carbocycles. The van der Waals surface area contributed by atoms with E-state index >= 15 is 0 Å². The van der Waals surface area contributed by atoms with Crippen LogP contribution >= 0.6 is 0 Å². The van der Waals surface area contributed by atoms with Gasteiger partial charge >= 0.3 is 0 Å². The first-order chi connectivity index (χ1) is 6.57. The number of aliphatic hydroxyl groups excluding tert-OH is 3. The maximum Gasteiger partial charge on any atom is 0.163 e. The summed E-state index contributed by atoms with van der Waals surface area (Å²) in [6.07, 6.45) is -2.81. The highest BCUT2D eigenvalue weighted by Gasteiger charge is 2.21. The quantitative estimate of drug-likeness (QED) is 0.423. The van der Waals surface area contributed by atoms with E-state index < -0.39 is 24.6 Å². The molecule has 5 heteroatoms. The molecular weight excluding hydrogens is 188 g/mol. The fourth-order valence-corrected chi connectivity index (χ4v) is 1.09. The van der Waals surface area contributed by atoms with Crippen LogP contribution < -0.4 is 0 Å². The summed E-state index contributed by atoms with van der Waals surface area (Å²) in [6.45, 7) is -0.629. The van der Waals surface area contributed by atoms with Gasteiger partial charge in [-0.25, -0.2) is 0 Å². The summed E-state index contributed by atoms with van der Waals surface area (Å²) in [4.78, 5) is 0. The minimum Gasteiger partial charge on any atom is -0.504 e. The third-order valence-corrected chi connectivity index (χ3v) is 1.92. The molecule has 0 aliphatic rings. The minimum atomic E-state index is -1.42. The molecule has 0 aromatic heterocycles. The highest BCUT2D eigenvalue weighted by molar-refractivity contribution is 5.45. The third kappa shape index (κ3) is 1.95. The maximum atomic E-state index is 9.41.